The lowest BCUT2D eigenvalue weighted by Gasteiger charge is -2.28. The van der Waals surface area contributed by atoms with E-state index in [2.05, 4.69) is 0 Å². The third-order valence-electron chi connectivity index (χ3n) is 4.98. The van der Waals surface area contributed by atoms with Crippen molar-refractivity contribution < 1.29 is 29.3 Å². The predicted octanol–water partition coefficient (Wildman–Crippen LogP) is 3.28. The van der Waals surface area contributed by atoms with Crippen molar-refractivity contribution in [2.45, 2.75) is 26.1 Å². The number of carbonyl (C=O) groups is 2. The fourth-order valence-electron chi connectivity index (χ4n) is 3.27. The highest BCUT2D eigenvalue weighted by Gasteiger charge is 2.27. The maximum Gasteiger partial charge on any atom is 0.263 e. The number of aliphatic hydroxyl groups is 2. The average molecular weight is 465 g/mol. The van der Waals surface area contributed by atoms with Crippen LogP contribution in [0.3, 0.4) is 0 Å². The van der Waals surface area contributed by atoms with Crippen LogP contribution in [-0.4, -0.2) is 47.4 Å². The first kappa shape index (κ1) is 24.8. The minimum absolute atomic E-state index is 0.197. The van der Waals surface area contributed by atoms with E-state index in [1.54, 1.807) is 74.5 Å². The van der Waals surface area contributed by atoms with Crippen LogP contribution < -0.4 is 20.1 Å². The fourth-order valence-corrected chi connectivity index (χ4v) is 3.27. The molecule has 0 aliphatic heterocycles. The van der Waals surface area contributed by atoms with Crippen molar-refractivity contribution in [3.05, 3.63) is 83.9 Å². The molecule has 3 rings (SSSR count). The minimum atomic E-state index is -0.651. The molecule has 0 bridgehead atoms. The van der Waals surface area contributed by atoms with Crippen LogP contribution >= 0.6 is 0 Å². The zero-order valence-electron chi connectivity index (χ0n) is 19.0. The summed E-state index contributed by atoms with van der Waals surface area (Å²) in [5.41, 5.74) is 6.66. The van der Waals surface area contributed by atoms with Crippen molar-refractivity contribution >= 4 is 23.2 Å². The highest BCUT2D eigenvalue weighted by molar-refractivity contribution is 6.13. The topological polar surface area (TPSA) is 122 Å². The SMILES string of the molecule is CC(CO)Oc1ccccc1N(C(=O)c1cccc(C(N)=O)c1)c1ccccc1OC(C)CO. The first-order chi connectivity index (χ1) is 16.3. The molecule has 2 amide bonds. The van der Waals surface area contributed by atoms with E-state index in [0.29, 0.717) is 22.9 Å². The molecule has 0 aliphatic carbocycles. The number of ether oxygens (including phenoxy) is 2. The first-order valence-corrected chi connectivity index (χ1v) is 10.8. The molecule has 0 saturated carbocycles. The van der Waals surface area contributed by atoms with Gasteiger partial charge in [-0.25, -0.2) is 0 Å². The molecule has 8 nitrogen and oxygen atoms in total. The number of amides is 2. The lowest BCUT2D eigenvalue weighted by Crippen LogP contribution is -2.29. The number of nitrogens with zero attached hydrogens (tertiary/aromatic N) is 1. The van der Waals surface area contributed by atoms with Crippen molar-refractivity contribution in [1.82, 2.24) is 0 Å². The number of aliphatic hydroxyl groups excluding tert-OH is 2. The van der Waals surface area contributed by atoms with Gasteiger partial charge in [0.25, 0.3) is 5.91 Å². The molecule has 0 fully saturated rings. The van der Waals surface area contributed by atoms with Gasteiger partial charge < -0.3 is 25.4 Å². The fraction of sp³-hybridized carbons (Fsp3) is 0.231. The monoisotopic (exact) mass is 464 g/mol. The van der Waals surface area contributed by atoms with Gasteiger partial charge in [0.05, 0.1) is 24.6 Å². The third-order valence-corrected chi connectivity index (χ3v) is 4.98. The predicted molar refractivity (Wildman–Crippen MR) is 129 cm³/mol. The Morgan fingerprint density at radius 1 is 0.794 bits per heavy atom. The van der Waals surface area contributed by atoms with Crippen LogP contribution in [0, 0.1) is 0 Å². The van der Waals surface area contributed by atoms with Gasteiger partial charge >= 0.3 is 0 Å². The second-order valence-corrected chi connectivity index (χ2v) is 7.74. The second-order valence-electron chi connectivity index (χ2n) is 7.74. The zero-order chi connectivity index (χ0) is 24.7. The number of para-hydroxylation sites is 4. The maximum absolute atomic E-state index is 13.9. The summed E-state index contributed by atoms with van der Waals surface area (Å²) >= 11 is 0. The summed E-state index contributed by atoms with van der Waals surface area (Å²) in [6.07, 6.45) is -1.03. The van der Waals surface area contributed by atoms with Gasteiger partial charge in [-0.2, -0.15) is 0 Å². The molecule has 4 N–H and O–H groups in total. The van der Waals surface area contributed by atoms with Gasteiger partial charge in [0.15, 0.2) is 0 Å². The van der Waals surface area contributed by atoms with Gasteiger partial charge in [-0.3, -0.25) is 14.5 Å². The van der Waals surface area contributed by atoms with Crippen molar-refractivity contribution in [2.24, 2.45) is 5.73 Å². The number of primary amides is 1. The Morgan fingerprint density at radius 3 is 1.74 bits per heavy atom. The van der Waals surface area contributed by atoms with E-state index in [1.807, 2.05) is 0 Å². The number of rotatable bonds is 10. The number of hydrogen-bond donors (Lipinski definition) is 3. The molecule has 3 aromatic rings. The van der Waals surface area contributed by atoms with Gasteiger partial charge in [0.2, 0.25) is 5.91 Å². The molecule has 0 radical (unpaired) electrons. The van der Waals surface area contributed by atoms with Gasteiger partial charge in [-0.1, -0.05) is 30.3 Å². The molecule has 0 heterocycles. The minimum Gasteiger partial charge on any atom is -0.486 e. The maximum atomic E-state index is 13.9. The molecular formula is C26H28N2O6. The van der Waals surface area contributed by atoms with Crippen molar-refractivity contribution in [2.75, 3.05) is 18.1 Å². The first-order valence-electron chi connectivity index (χ1n) is 10.8. The summed E-state index contributed by atoms with van der Waals surface area (Å²) in [6.45, 7) is 2.99. The number of anilines is 2. The van der Waals surface area contributed by atoms with E-state index in [9.17, 15) is 19.8 Å². The van der Waals surface area contributed by atoms with Crippen LogP contribution in [0.2, 0.25) is 0 Å². The molecule has 0 aromatic heterocycles. The molecule has 178 valence electrons. The molecule has 0 saturated heterocycles. The summed E-state index contributed by atoms with van der Waals surface area (Å²) in [6, 6.07) is 20.0. The van der Waals surface area contributed by atoms with E-state index >= 15 is 0 Å². The van der Waals surface area contributed by atoms with Crippen LogP contribution in [0.4, 0.5) is 11.4 Å². The standard InChI is InChI=1S/C26H28N2O6/c1-17(15-29)33-23-12-5-3-10-21(23)28(22-11-4-6-13-24(22)34-18(2)16-30)26(32)20-9-7-8-19(14-20)25(27)31/h3-14,17-18,29-30H,15-16H2,1-2H3,(H2,27,31). The van der Waals surface area contributed by atoms with E-state index in [4.69, 9.17) is 15.2 Å². The Balaban J connectivity index is 2.20. The molecule has 2 atom stereocenters. The Labute approximate surface area is 198 Å². The van der Waals surface area contributed by atoms with Crippen molar-refractivity contribution in [1.29, 1.82) is 0 Å². The van der Waals surface area contributed by atoms with Crippen LogP contribution in [-0.2, 0) is 0 Å². The molecule has 2 unspecified atom stereocenters. The Bertz CT molecular complexity index is 1090. The molecule has 0 spiro atoms. The second kappa shape index (κ2) is 11.3. The van der Waals surface area contributed by atoms with Crippen LogP contribution in [0.1, 0.15) is 34.6 Å². The van der Waals surface area contributed by atoms with Crippen LogP contribution in [0.5, 0.6) is 11.5 Å². The highest BCUT2D eigenvalue weighted by atomic mass is 16.5. The quantitative estimate of drug-likeness (QED) is 0.423. The van der Waals surface area contributed by atoms with Gasteiger partial charge in [0.1, 0.15) is 23.7 Å². The van der Waals surface area contributed by atoms with Crippen LogP contribution in [0.25, 0.3) is 0 Å². The zero-order valence-corrected chi connectivity index (χ0v) is 19.0. The normalized spacial score (nSPS) is 12.5. The largest absolute Gasteiger partial charge is 0.486 e. The summed E-state index contributed by atoms with van der Waals surface area (Å²) in [7, 11) is 0. The van der Waals surface area contributed by atoms with E-state index in [-0.39, 0.29) is 24.3 Å². The molecule has 0 aliphatic rings. The Hall–Kier alpha value is -3.88. The third kappa shape index (κ3) is 5.72. The van der Waals surface area contributed by atoms with E-state index in [0.717, 1.165) is 0 Å². The lowest BCUT2D eigenvalue weighted by atomic mass is 10.1. The lowest BCUT2D eigenvalue weighted by molar-refractivity contribution is 0.0993. The molecule has 8 heteroatoms. The average Bonchev–Trinajstić information content (AvgIpc) is 2.85. The number of carbonyl (C=O) groups excluding carboxylic acids is 2. The molecular weight excluding hydrogens is 436 g/mol. The molecule has 3 aromatic carbocycles. The Morgan fingerprint density at radius 2 is 1.26 bits per heavy atom. The van der Waals surface area contributed by atoms with Gasteiger partial charge in [0, 0.05) is 11.1 Å². The Kier molecular flexibility index (Phi) is 8.24. The van der Waals surface area contributed by atoms with Crippen molar-refractivity contribution in [3.8, 4) is 11.5 Å². The summed E-state index contributed by atoms with van der Waals surface area (Å²) in [5, 5.41) is 19.0. The van der Waals surface area contributed by atoms with E-state index in [1.165, 1.54) is 17.0 Å². The van der Waals surface area contributed by atoms with Gasteiger partial charge in [-0.05, 0) is 56.3 Å². The highest BCUT2D eigenvalue weighted by Crippen LogP contribution is 2.40. The summed E-state index contributed by atoms with van der Waals surface area (Å²) in [4.78, 5) is 27.0. The van der Waals surface area contributed by atoms with Gasteiger partial charge in [-0.15, -0.1) is 0 Å². The van der Waals surface area contributed by atoms with E-state index < -0.39 is 24.0 Å². The number of benzene rings is 3. The number of nitrogens with two attached hydrogens (primary N) is 1. The molecule has 34 heavy (non-hydrogen) atoms. The smallest absolute Gasteiger partial charge is 0.263 e. The summed E-state index contributed by atoms with van der Waals surface area (Å²) in [5.74, 6) is -0.368. The van der Waals surface area contributed by atoms with Crippen molar-refractivity contribution in [3.63, 3.8) is 0 Å². The number of hydrogen-bond acceptors (Lipinski definition) is 6. The van der Waals surface area contributed by atoms with Crippen LogP contribution in [0.15, 0.2) is 72.8 Å². The summed E-state index contributed by atoms with van der Waals surface area (Å²) < 4.78 is 11.8.